The van der Waals surface area contributed by atoms with Crippen molar-refractivity contribution in [1.29, 1.82) is 0 Å². The molecule has 3 rings (SSSR count). The number of urea groups is 1. The van der Waals surface area contributed by atoms with E-state index in [1.165, 1.54) is 0 Å². The van der Waals surface area contributed by atoms with E-state index < -0.39 is 0 Å². The average Bonchev–Trinajstić information content (AvgIpc) is 3.19. The maximum atomic E-state index is 12.6. The molecule has 3 amide bonds. The van der Waals surface area contributed by atoms with Crippen molar-refractivity contribution in [3.05, 3.63) is 29.8 Å². The van der Waals surface area contributed by atoms with E-state index in [0.29, 0.717) is 19.0 Å². The van der Waals surface area contributed by atoms with Crippen LogP contribution in [-0.4, -0.2) is 73.6 Å². The van der Waals surface area contributed by atoms with Crippen LogP contribution in [0.25, 0.3) is 0 Å². The summed E-state index contributed by atoms with van der Waals surface area (Å²) in [5, 5.41) is 8.95. The van der Waals surface area contributed by atoms with Crippen LogP contribution in [-0.2, 0) is 11.2 Å². The highest BCUT2D eigenvalue weighted by molar-refractivity contribution is 5.89. The fraction of sp³-hybridized carbons (Fsp3) is 0.600. The maximum Gasteiger partial charge on any atom is 0.319 e. The van der Waals surface area contributed by atoms with Crippen LogP contribution in [0.5, 0.6) is 0 Å². The molecule has 1 atom stereocenters. The second kappa shape index (κ2) is 9.71. The minimum Gasteiger partial charge on any atom is -0.341 e. The number of anilines is 1. The fourth-order valence-electron chi connectivity index (χ4n) is 3.72. The zero-order valence-electron chi connectivity index (χ0n) is 16.2. The fourth-order valence-corrected chi connectivity index (χ4v) is 3.72. The Morgan fingerprint density at radius 1 is 1.15 bits per heavy atom. The first-order valence-corrected chi connectivity index (χ1v) is 10.0. The Kier molecular flexibility index (Phi) is 7.06. The van der Waals surface area contributed by atoms with Gasteiger partial charge in [-0.3, -0.25) is 9.69 Å². The van der Waals surface area contributed by atoms with Gasteiger partial charge in [0.2, 0.25) is 5.91 Å². The van der Waals surface area contributed by atoms with Crippen LogP contribution in [0.2, 0.25) is 0 Å². The Morgan fingerprint density at radius 2 is 1.89 bits per heavy atom. The van der Waals surface area contributed by atoms with Crippen LogP contribution in [0.15, 0.2) is 24.3 Å². The average molecular weight is 374 g/mol. The van der Waals surface area contributed by atoms with E-state index in [1.807, 2.05) is 36.1 Å². The lowest BCUT2D eigenvalue weighted by Gasteiger charge is -2.32. The molecule has 7 heteroatoms. The summed E-state index contributed by atoms with van der Waals surface area (Å²) in [7, 11) is 0. The minimum absolute atomic E-state index is 0.189. The number of nitrogens with zero attached hydrogens (tertiary/aromatic N) is 2. The Labute approximate surface area is 161 Å². The summed E-state index contributed by atoms with van der Waals surface area (Å²) < 4.78 is 0. The molecule has 0 aliphatic carbocycles. The monoisotopic (exact) mass is 373 g/mol. The number of piperazine rings is 1. The van der Waals surface area contributed by atoms with Gasteiger partial charge in [-0.15, -0.1) is 0 Å². The van der Waals surface area contributed by atoms with Crippen LogP contribution in [0.1, 0.15) is 25.3 Å². The van der Waals surface area contributed by atoms with Crippen LogP contribution < -0.4 is 16.0 Å². The number of rotatable bonds is 6. The second-order valence-electron chi connectivity index (χ2n) is 7.32. The number of nitrogens with one attached hydrogen (secondary N) is 3. The van der Waals surface area contributed by atoms with Crippen molar-refractivity contribution in [2.24, 2.45) is 0 Å². The van der Waals surface area contributed by atoms with Gasteiger partial charge in [0, 0.05) is 57.5 Å². The van der Waals surface area contributed by atoms with Crippen molar-refractivity contribution in [3.63, 3.8) is 0 Å². The predicted octanol–water partition coefficient (Wildman–Crippen LogP) is 1.27. The minimum atomic E-state index is -0.198. The van der Waals surface area contributed by atoms with E-state index in [1.54, 1.807) is 0 Å². The van der Waals surface area contributed by atoms with Crippen molar-refractivity contribution in [2.45, 2.75) is 32.2 Å². The second-order valence-corrected chi connectivity index (χ2v) is 7.32. The van der Waals surface area contributed by atoms with Gasteiger partial charge in [0.1, 0.15) is 0 Å². The lowest BCUT2D eigenvalue weighted by Crippen LogP contribution is -2.49. The van der Waals surface area contributed by atoms with Crippen molar-refractivity contribution in [1.82, 2.24) is 20.4 Å². The summed E-state index contributed by atoms with van der Waals surface area (Å²) in [4.78, 5) is 28.8. The van der Waals surface area contributed by atoms with Crippen LogP contribution >= 0.6 is 0 Å². The number of benzene rings is 1. The smallest absolute Gasteiger partial charge is 0.319 e. The Bertz CT molecular complexity index is 628. The number of hydrogen-bond acceptors (Lipinski definition) is 4. The maximum absolute atomic E-state index is 12.6. The molecule has 2 aliphatic heterocycles. The van der Waals surface area contributed by atoms with Crippen molar-refractivity contribution in [2.75, 3.05) is 51.1 Å². The van der Waals surface area contributed by atoms with Gasteiger partial charge in [0.05, 0.1) is 6.42 Å². The molecule has 7 nitrogen and oxygen atoms in total. The number of carbonyl (C=O) groups is 2. The highest BCUT2D eigenvalue weighted by Gasteiger charge is 2.30. The third-order valence-corrected chi connectivity index (χ3v) is 5.29. The normalized spacial score (nSPS) is 20.5. The molecule has 2 fully saturated rings. The number of amides is 3. The number of carbonyl (C=O) groups excluding carboxylic acids is 2. The van der Waals surface area contributed by atoms with Gasteiger partial charge in [-0.25, -0.2) is 4.79 Å². The largest absolute Gasteiger partial charge is 0.341 e. The van der Waals surface area contributed by atoms with E-state index in [4.69, 9.17) is 0 Å². The van der Waals surface area contributed by atoms with Crippen LogP contribution in [0.3, 0.4) is 0 Å². The van der Waals surface area contributed by atoms with Crippen LogP contribution in [0, 0.1) is 0 Å². The summed E-state index contributed by atoms with van der Waals surface area (Å²) in [6.45, 7) is 8.60. The van der Waals surface area contributed by atoms with Gasteiger partial charge in [-0.1, -0.05) is 19.1 Å². The van der Waals surface area contributed by atoms with E-state index in [2.05, 4.69) is 20.9 Å². The highest BCUT2D eigenvalue weighted by Crippen LogP contribution is 2.18. The summed E-state index contributed by atoms with van der Waals surface area (Å²) in [5.74, 6) is 0.189. The zero-order chi connectivity index (χ0) is 19.1. The van der Waals surface area contributed by atoms with E-state index >= 15 is 0 Å². The molecular weight excluding hydrogens is 342 g/mol. The molecular formula is C20H31N5O2. The molecule has 2 heterocycles. The molecule has 2 saturated heterocycles. The molecule has 0 bridgehead atoms. The van der Waals surface area contributed by atoms with Gasteiger partial charge in [-0.2, -0.15) is 0 Å². The summed E-state index contributed by atoms with van der Waals surface area (Å²) in [5.41, 5.74) is 1.71. The lowest BCUT2D eigenvalue weighted by atomic mass is 10.1. The molecule has 0 radical (unpaired) electrons. The molecule has 27 heavy (non-hydrogen) atoms. The molecule has 148 valence electrons. The first-order chi connectivity index (χ1) is 13.2. The zero-order valence-corrected chi connectivity index (χ0v) is 16.2. The van der Waals surface area contributed by atoms with E-state index in [-0.39, 0.29) is 11.9 Å². The first-order valence-electron chi connectivity index (χ1n) is 10.0. The summed E-state index contributed by atoms with van der Waals surface area (Å²) >= 11 is 0. The van der Waals surface area contributed by atoms with Gasteiger partial charge in [-0.05, 0) is 30.5 Å². The molecule has 0 spiro atoms. The van der Waals surface area contributed by atoms with Gasteiger partial charge in [0.15, 0.2) is 0 Å². The molecule has 1 aromatic carbocycles. The van der Waals surface area contributed by atoms with E-state index in [9.17, 15) is 9.59 Å². The van der Waals surface area contributed by atoms with Crippen molar-refractivity contribution >= 4 is 17.6 Å². The Morgan fingerprint density at radius 3 is 2.59 bits per heavy atom. The number of likely N-dealkylation sites (tertiary alicyclic amines) is 1. The first kappa shape index (κ1) is 19.6. The van der Waals surface area contributed by atoms with Crippen LogP contribution in [0.4, 0.5) is 10.5 Å². The number of hydrogen-bond donors (Lipinski definition) is 3. The van der Waals surface area contributed by atoms with Crippen molar-refractivity contribution < 1.29 is 9.59 Å². The standard InChI is InChI=1S/C20H31N5O2/c1-2-8-22-20(27)23-17-5-3-16(4-6-17)14-19(26)25-11-7-18(15-25)24-12-9-21-10-13-24/h3-6,18,21H,2,7-15H2,1H3,(H2,22,23,27). The van der Waals surface area contributed by atoms with Gasteiger partial charge in [0.25, 0.3) is 0 Å². The van der Waals surface area contributed by atoms with Gasteiger partial charge < -0.3 is 20.9 Å². The summed E-state index contributed by atoms with van der Waals surface area (Å²) in [6.07, 6.45) is 2.39. The Hall–Kier alpha value is -2.12. The van der Waals surface area contributed by atoms with Crippen molar-refractivity contribution in [3.8, 4) is 0 Å². The van der Waals surface area contributed by atoms with Gasteiger partial charge >= 0.3 is 6.03 Å². The summed E-state index contributed by atoms with van der Waals surface area (Å²) in [6, 6.07) is 7.83. The third kappa shape index (κ3) is 5.68. The SMILES string of the molecule is CCCNC(=O)Nc1ccc(CC(=O)N2CCC(N3CCNCC3)C2)cc1. The molecule has 3 N–H and O–H groups in total. The highest BCUT2D eigenvalue weighted by atomic mass is 16.2. The lowest BCUT2D eigenvalue weighted by molar-refractivity contribution is -0.129. The topological polar surface area (TPSA) is 76.7 Å². The van der Waals surface area contributed by atoms with E-state index in [0.717, 1.165) is 63.4 Å². The molecule has 1 unspecified atom stereocenters. The Balaban J connectivity index is 1.46. The predicted molar refractivity (Wildman–Crippen MR) is 107 cm³/mol. The quantitative estimate of drug-likeness (QED) is 0.702. The molecule has 1 aromatic rings. The molecule has 2 aliphatic rings. The molecule has 0 saturated carbocycles. The third-order valence-electron chi connectivity index (χ3n) is 5.29. The molecule has 0 aromatic heterocycles.